The number of ether oxygens (including phenoxy) is 1. The van der Waals surface area contributed by atoms with Crippen LogP contribution in [0.25, 0.3) is 6.08 Å². The predicted molar refractivity (Wildman–Crippen MR) is 90.0 cm³/mol. The van der Waals surface area contributed by atoms with Gasteiger partial charge in [-0.2, -0.15) is 5.26 Å². The molecule has 6 heteroatoms. The Morgan fingerprint density at radius 3 is 2.70 bits per heavy atom. The molecule has 4 nitrogen and oxygen atoms in total. The van der Waals surface area contributed by atoms with E-state index in [1.807, 2.05) is 0 Å². The summed E-state index contributed by atoms with van der Waals surface area (Å²) in [5, 5.41) is 9.94. The van der Waals surface area contributed by atoms with E-state index in [0.29, 0.717) is 21.4 Å². The first-order valence-corrected chi connectivity index (χ1v) is 7.33. The number of nitrogens with two attached hydrogens (primary N) is 1. The topological polar surface area (TPSA) is 76.1 Å². The van der Waals surface area contributed by atoms with Gasteiger partial charge in [-0.15, -0.1) is 0 Å². The third-order valence-electron chi connectivity index (χ3n) is 2.96. The van der Waals surface area contributed by atoms with Crippen molar-refractivity contribution in [1.82, 2.24) is 0 Å². The number of rotatable bonds is 5. The van der Waals surface area contributed by atoms with E-state index >= 15 is 0 Å². The second-order valence-corrected chi connectivity index (χ2v) is 5.47. The number of primary amides is 1. The number of carbonyl (C=O) groups excluding carboxylic acids is 1. The van der Waals surface area contributed by atoms with Crippen LogP contribution in [0.2, 0.25) is 10.0 Å². The first-order chi connectivity index (χ1) is 11.0. The molecule has 0 aliphatic rings. The minimum Gasteiger partial charge on any atom is -0.489 e. The molecular formula is C17H12Cl2N2O2. The third-order valence-corrected chi connectivity index (χ3v) is 3.55. The summed E-state index contributed by atoms with van der Waals surface area (Å²) in [5.41, 5.74) is 6.42. The molecule has 0 aliphatic heterocycles. The second-order valence-electron chi connectivity index (χ2n) is 4.63. The molecule has 2 N–H and O–H groups in total. The largest absolute Gasteiger partial charge is 0.489 e. The fourth-order valence-corrected chi connectivity index (χ4v) is 2.28. The molecule has 0 heterocycles. The maximum Gasteiger partial charge on any atom is 0.259 e. The maximum atomic E-state index is 11.1. The first-order valence-electron chi connectivity index (χ1n) is 6.58. The Morgan fingerprint density at radius 2 is 2.04 bits per heavy atom. The molecule has 0 saturated carbocycles. The summed E-state index contributed by atoms with van der Waals surface area (Å²) in [4.78, 5) is 11.1. The summed E-state index contributed by atoms with van der Waals surface area (Å²) in [7, 11) is 0. The number of carbonyl (C=O) groups is 1. The van der Waals surface area contributed by atoms with E-state index in [1.165, 1.54) is 6.08 Å². The van der Waals surface area contributed by atoms with Crippen LogP contribution >= 0.6 is 23.2 Å². The number of nitriles is 1. The van der Waals surface area contributed by atoms with Crippen molar-refractivity contribution in [3.63, 3.8) is 0 Å². The van der Waals surface area contributed by atoms with Crippen LogP contribution in [0.4, 0.5) is 0 Å². The highest BCUT2D eigenvalue weighted by molar-refractivity contribution is 6.35. The molecule has 0 spiro atoms. The zero-order chi connectivity index (χ0) is 16.8. The van der Waals surface area contributed by atoms with E-state index in [2.05, 4.69) is 0 Å². The molecule has 2 aromatic carbocycles. The highest BCUT2D eigenvalue weighted by Gasteiger charge is 2.05. The summed E-state index contributed by atoms with van der Waals surface area (Å²) in [6.45, 7) is 0.268. The standard InChI is InChI=1S/C17H12Cl2N2O2/c18-14-5-4-12(16(19)8-14)10-23-15-3-1-2-11(7-15)6-13(9-20)17(21)22/h1-8H,10H2,(H2,21,22). The second kappa shape index (κ2) is 7.68. The minimum absolute atomic E-state index is 0.122. The maximum absolute atomic E-state index is 11.1. The summed E-state index contributed by atoms with van der Waals surface area (Å²) < 4.78 is 5.67. The molecular weight excluding hydrogens is 335 g/mol. The fourth-order valence-electron chi connectivity index (χ4n) is 1.82. The number of benzene rings is 2. The molecule has 2 aromatic rings. The van der Waals surface area contributed by atoms with Gasteiger partial charge in [0.2, 0.25) is 0 Å². The molecule has 0 unspecified atom stereocenters. The molecule has 0 radical (unpaired) electrons. The molecule has 0 saturated heterocycles. The van der Waals surface area contributed by atoms with Crippen LogP contribution in [0.5, 0.6) is 5.75 Å². The van der Waals surface area contributed by atoms with Crippen LogP contribution in [0.15, 0.2) is 48.0 Å². The molecule has 116 valence electrons. The Morgan fingerprint density at radius 1 is 1.26 bits per heavy atom. The van der Waals surface area contributed by atoms with Gasteiger partial charge in [0.1, 0.15) is 24.0 Å². The van der Waals surface area contributed by atoms with Crippen molar-refractivity contribution in [3.8, 4) is 11.8 Å². The number of hydrogen-bond acceptors (Lipinski definition) is 3. The Bertz CT molecular complexity index is 810. The van der Waals surface area contributed by atoms with Gasteiger partial charge < -0.3 is 10.5 Å². The molecule has 23 heavy (non-hydrogen) atoms. The van der Waals surface area contributed by atoms with Gasteiger partial charge >= 0.3 is 0 Å². The van der Waals surface area contributed by atoms with Gasteiger partial charge in [-0.1, -0.05) is 41.4 Å². The molecule has 0 aliphatic carbocycles. The molecule has 0 aromatic heterocycles. The quantitative estimate of drug-likeness (QED) is 0.657. The van der Waals surface area contributed by atoms with Gasteiger partial charge in [0.05, 0.1) is 0 Å². The predicted octanol–water partition coefficient (Wildman–Crippen LogP) is 3.96. The van der Waals surface area contributed by atoms with Crippen molar-refractivity contribution in [1.29, 1.82) is 5.26 Å². The molecule has 0 atom stereocenters. The molecule has 0 bridgehead atoms. The van der Waals surface area contributed by atoms with E-state index < -0.39 is 5.91 Å². The molecule has 1 amide bonds. The van der Waals surface area contributed by atoms with Gasteiger partial charge in [0, 0.05) is 15.6 Å². The summed E-state index contributed by atoms with van der Waals surface area (Å²) in [5.74, 6) is -0.196. The summed E-state index contributed by atoms with van der Waals surface area (Å²) in [6.07, 6.45) is 1.41. The van der Waals surface area contributed by atoms with Crippen LogP contribution in [0.1, 0.15) is 11.1 Å². The fraction of sp³-hybridized carbons (Fsp3) is 0.0588. The van der Waals surface area contributed by atoms with Crippen molar-refractivity contribution in [3.05, 3.63) is 69.2 Å². The lowest BCUT2D eigenvalue weighted by Crippen LogP contribution is -2.12. The van der Waals surface area contributed by atoms with Gasteiger partial charge in [-0.05, 0) is 35.9 Å². The molecule has 0 fully saturated rings. The van der Waals surface area contributed by atoms with E-state index in [1.54, 1.807) is 48.5 Å². The Labute approximate surface area is 143 Å². The van der Waals surface area contributed by atoms with Crippen molar-refractivity contribution in [2.45, 2.75) is 6.61 Å². The van der Waals surface area contributed by atoms with E-state index in [9.17, 15) is 4.79 Å². The third kappa shape index (κ3) is 4.75. The van der Waals surface area contributed by atoms with Crippen molar-refractivity contribution >= 4 is 35.2 Å². The van der Waals surface area contributed by atoms with Gasteiger partial charge in [0.25, 0.3) is 5.91 Å². The Kier molecular flexibility index (Phi) is 5.64. The van der Waals surface area contributed by atoms with Gasteiger partial charge in [-0.3, -0.25) is 4.79 Å². The van der Waals surface area contributed by atoms with Crippen LogP contribution < -0.4 is 10.5 Å². The van der Waals surface area contributed by atoms with Crippen LogP contribution in [-0.2, 0) is 11.4 Å². The first kappa shape index (κ1) is 16.9. The Hall–Kier alpha value is -2.48. The number of amides is 1. The number of hydrogen-bond donors (Lipinski definition) is 1. The summed E-state index contributed by atoms with van der Waals surface area (Å²) in [6, 6.07) is 13.9. The van der Waals surface area contributed by atoms with Gasteiger partial charge in [0.15, 0.2) is 0 Å². The highest BCUT2D eigenvalue weighted by atomic mass is 35.5. The van der Waals surface area contributed by atoms with E-state index in [0.717, 1.165) is 5.56 Å². The van der Waals surface area contributed by atoms with Crippen LogP contribution in [-0.4, -0.2) is 5.91 Å². The van der Waals surface area contributed by atoms with E-state index in [-0.39, 0.29) is 12.2 Å². The van der Waals surface area contributed by atoms with Gasteiger partial charge in [-0.25, -0.2) is 0 Å². The normalized spacial score (nSPS) is 10.9. The monoisotopic (exact) mass is 346 g/mol. The zero-order valence-electron chi connectivity index (χ0n) is 11.9. The lowest BCUT2D eigenvalue weighted by atomic mass is 10.1. The average Bonchev–Trinajstić information content (AvgIpc) is 2.52. The minimum atomic E-state index is -0.772. The zero-order valence-corrected chi connectivity index (χ0v) is 13.4. The smallest absolute Gasteiger partial charge is 0.259 e. The SMILES string of the molecule is N#CC(=Cc1cccc(OCc2ccc(Cl)cc2Cl)c1)C(N)=O. The average molecular weight is 347 g/mol. The van der Waals surface area contributed by atoms with Crippen molar-refractivity contribution in [2.24, 2.45) is 5.73 Å². The van der Waals surface area contributed by atoms with Crippen molar-refractivity contribution in [2.75, 3.05) is 0 Å². The molecule has 2 rings (SSSR count). The lowest BCUT2D eigenvalue weighted by Gasteiger charge is -2.09. The summed E-state index contributed by atoms with van der Waals surface area (Å²) >= 11 is 11.9. The Balaban J connectivity index is 2.14. The highest BCUT2D eigenvalue weighted by Crippen LogP contribution is 2.23. The number of nitrogens with zero attached hydrogens (tertiary/aromatic N) is 1. The van der Waals surface area contributed by atoms with Crippen LogP contribution in [0, 0.1) is 11.3 Å². The van der Waals surface area contributed by atoms with Crippen molar-refractivity contribution < 1.29 is 9.53 Å². The van der Waals surface area contributed by atoms with E-state index in [4.69, 9.17) is 38.9 Å². The number of halogens is 2. The van der Waals surface area contributed by atoms with Crippen LogP contribution in [0.3, 0.4) is 0 Å². The lowest BCUT2D eigenvalue weighted by molar-refractivity contribution is -0.114.